The maximum absolute atomic E-state index is 10.9. The zero-order valence-corrected chi connectivity index (χ0v) is 8.55. The van der Waals surface area contributed by atoms with E-state index in [1.807, 2.05) is 6.92 Å². The van der Waals surface area contributed by atoms with Crippen LogP contribution in [0.4, 0.5) is 0 Å². The van der Waals surface area contributed by atoms with E-state index in [4.69, 9.17) is 10.6 Å². The third kappa shape index (κ3) is 6.77. The van der Waals surface area contributed by atoms with Gasteiger partial charge in [-0.05, 0) is 6.42 Å². The molecule has 11 heavy (non-hydrogen) atoms. The molecule has 0 saturated carbocycles. The maximum Gasteiger partial charge on any atom is 0.393 e. The average Bonchev–Trinajstić information content (AvgIpc) is 1.81. The summed E-state index contributed by atoms with van der Waals surface area (Å²) in [6.45, 7) is -1.54. The molecule has 0 aliphatic carbocycles. The number of thiocarbonyl (C=S) groups is 1. The van der Waals surface area contributed by atoms with Crippen LogP contribution in [0.5, 0.6) is 0 Å². The Morgan fingerprint density at radius 1 is 1.91 bits per heavy atom. The first-order chi connectivity index (χ1) is 4.98. The molecule has 0 aromatic heterocycles. The van der Waals surface area contributed by atoms with Crippen LogP contribution in [0.3, 0.4) is 0 Å². The lowest BCUT2D eigenvalue weighted by Crippen LogP contribution is -2.02. The molecule has 3 N–H and O–H groups in total. The molecule has 0 aromatic carbocycles. The summed E-state index contributed by atoms with van der Waals surface area (Å²) in [6.07, 6.45) is 0.683. The van der Waals surface area contributed by atoms with Crippen molar-refractivity contribution in [2.75, 3.05) is 6.61 Å². The van der Waals surface area contributed by atoms with Gasteiger partial charge in [-0.1, -0.05) is 19.1 Å². The van der Waals surface area contributed by atoms with Gasteiger partial charge in [-0.25, -0.2) is 4.57 Å². The SMILES string of the molecule is CCCOP(=O)(O)SC(N)=S. The van der Waals surface area contributed by atoms with Crippen molar-refractivity contribution in [3.8, 4) is 0 Å². The summed E-state index contributed by atoms with van der Waals surface area (Å²) in [7, 11) is 0. The van der Waals surface area contributed by atoms with Crippen LogP contribution in [0.2, 0.25) is 0 Å². The summed E-state index contributed by atoms with van der Waals surface area (Å²) in [4.78, 5) is 8.94. The van der Waals surface area contributed by atoms with Gasteiger partial charge in [0.25, 0.3) is 0 Å². The van der Waals surface area contributed by atoms with E-state index in [0.717, 1.165) is 0 Å². The van der Waals surface area contributed by atoms with E-state index in [2.05, 4.69) is 16.7 Å². The van der Waals surface area contributed by atoms with Gasteiger partial charge >= 0.3 is 6.80 Å². The standard InChI is InChI=1S/C4H10NO3PS2/c1-2-3-8-9(6,7)11-4(5)10/h2-3H2,1H3,(H2,5,10)(H,6,7). The third-order valence-electron chi connectivity index (χ3n) is 0.664. The normalized spacial score (nSPS) is 15.8. The average molecular weight is 215 g/mol. The molecule has 0 aromatic rings. The van der Waals surface area contributed by atoms with E-state index in [-0.39, 0.29) is 10.9 Å². The second kappa shape index (κ2) is 5.11. The van der Waals surface area contributed by atoms with Crippen molar-refractivity contribution in [1.82, 2.24) is 0 Å². The van der Waals surface area contributed by atoms with E-state index in [1.54, 1.807) is 0 Å². The van der Waals surface area contributed by atoms with Crippen molar-refractivity contribution in [3.63, 3.8) is 0 Å². The number of hydrogen-bond donors (Lipinski definition) is 2. The Morgan fingerprint density at radius 3 is 2.82 bits per heavy atom. The van der Waals surface area contributed by atoms with Crippen LogP contribution >= 0.6 is 30.4 Å². The van der Waals surface area contributed by atoms with E-state index in [9.17, 15) is 4.57 Å². The molecule has 1 unspecified atom stereocenters. The van der Waals surface area contributed by atoms with Crippen LogP contribution in [-0.2, 0) is 9.09 Å². The molecule has 0 radical (unpaired) electrons. The number of nitrogens with two attached hydrogens (primary N) is 1. The summed E-state index contributed by atoms with van der Waals surface area (Å²) < 4.78 is 15.4. The van der Waals surface area contributed by atoms with Crippen LogP contribution < -0.4 is 5.73 Å². The lowest BCUT2D eigenvalue weighted by Gasteiger charge is -2.08. The van der Waals surface area contributed by atoms with Crippen molar-refractivity contribution in [2.45, 2.75) is 13.3 Å². The van der Waals surface area contributed by atoms with Gasteiger partial charge in [0, 0.05) is 11.4 Å². The summed E-state index contributed by atoms with van der Waals surface area (Å²) in [5.74, 6) is 0. The first-order valence-corrected chi connectivity index (χ1v) is 6.35. The molecule has 0 heterocycles. The summed E-state index contributed by atoms with van der Waals surface area (Å²) in [5.41, 5.74) is 5.03. The summed E-state index contributed by atoms with van der Waals surface area (Å²) in [6, 6.07) is 0. The highest BCUT2D eigenvalue weighted by Gasteiger charge is 2.21. The first kappa shape index (κ1) is 11.4. The Balaban J connectivity index is 3.80. The van der Waals surface area contributed by atoms with Gasteiger partial charge in [0.15, 0.2) is 0 Å². The van der Waals surface area contributed by atoms with Crippen molar-refractivity contribution in [1.29, 1.82) is 0 Å². The smallest absolute Gasteiger partial charge is 0.384 e. The fourth-order valence-corrected chi connectivity index (χ4v) is 2.95. The summed E-state index contributed by atoms with van der Waals surface area (Å²) in [5, 5.41) is 0. The van der Waals surface area contributed by atoms with Crippen LogP contribution in [-0.4, -0.2) is 15.8 Å². The van der Waals surface area contributed by atoms with Crippen molar-refractivity contribution in [2.24, 2.45) is 5.73 Å². The molecule has 0 rings (SSSR count). The van der Waals surface area contributed by atoms with E-state index < -0.39 is 6.80 Å². The molecule has 66 valence electrons. The molecular formula is C4H10NO3PS2. The quantitative estimate of drug-likeness (QED) is 0.546. The lowest BCUT2D eigenvalue weighted by molar-refractivity contribution is 0.276. The van der Waals surface area contributed by atoms with E-state index >= 15 is 0 Å². The highest BCUT2D eigenvalue weighted by atomic mass is 32.7. The third-order valence-corrected chi connectivity index (χ3v) is 3.80. The topological polar surface area (TPSA) is 72.5 Å². The number of hydrogen-bond acceptors (Lipinski definition) is 4. The predicted molar refractivity (Wildman–Crippen MR) is 50.4 cm³/mol. The van der Waals surface area contributed by atoms with Crippen LogP contribution in [0.15, 0.2) is 0 Å². The van der Waals surface area contributed by atoms with Crippen molar-refractivity contribution >= 4 is 34.7 Å². The lowest BCUT2D eigenvalue weighted by atomic mass is 10.5. The molecule has 1 atom stereocenters. The molecule has 0 spiro atoms. The highest BCUT2D eigenvalue weighted by molar-refractivity contribution is 8.64. The first-order valence-electron chi connectivity index (χ1n) is 2.94. The molecule has 0 saturated heterocycles. The zero-order valence-electron chi connectivity index (χ0n) is 6.02. The Morgan fingerprint density at radius 2 is 2.45 bits per heavy atom. The minimum atomic E-state index is -3.61. The van der Waals surface area contributed by atoms with Crippen molar-refractivity contribution < 1.29 is 14.0 Å². The van der Waals surface area contributed by atoms with Crippen LogP contribution in [0.1, 0.15) is 13.3 Å². The molecule has 0 aliphatic rings. The van der Waals surface area contributed by atoms with Gasteiger partial charge in [0.2, 0.25) is 0 Å². The Kier molecular flexibility index (Phi) is 5.29. The van der Waals surface area contributed by atoms with Crippen molar-refractivity contribution in [3.05, 3.63) is 0 Å². The zero-order chi connectivity index (χ0) is 8.91. The number of rotatable bonds is 4. The molecular weight excluding hydrogens is 205 g/mol. The van der Waals surface area contributed by atoms with Crippen LogP contribution in [0, 0.1) is 0 Å². The van der Waals surface area contributed by atoms with E-state index in [0.29, 0.717) is 17.8 Å². The highest BCUT2D eigenvalue weighted by Crippen LogP contribution is 2.55. The largest absolute Gasteiger partial charge is 0.393 e. The molecule has 7 heteroatoms. The Labute approximate surface area is 74.8 Å². The predicted octanol–water partition coefficient (Wildman–Crippen LogP) is 1.49. The van der Waals surface area contributed by atoms with Gasteiger partial charge in [-0.2, -0.15) is 0 Å². The Hall–Kier alpha value is 0.390. The molecule has 0 bridgehead atoms. The van der Waals surface area contributed by atoms with Gasteiger partial charge in [0.1, 0.15) is 4.32 Å². The van der Waals surface area contributed by atoms with Gasteiger partial charge in [0.05, 0.1) is 6.61 Å². The fourth-order valence-electron chi connectivity index (χ4n) is 0.347. The van der Waals surface area contributed by atoms with Gasteiger partial charge in [-0.3, -0.25) is 0 Å². The summed E-state index contributed by atoms with van der Waals surface area (Å²) >= 11 is 4.92. The van der Waals surface area contributed by atoms with Gasteiger partial charge < -0.3 is 15.2 Å². The molecule has 0 fully saturated rings. The minimum Gasteiger partial charge on any atom is -0.384 e. The second-order valence-corrected chi connectivity index (χ2v) is 6.16. The molecule has 0 amide bonds. The Bertz CT molecular complexity index is 186. The maximum atomic E-state index is 10.9. The minimum absolute atomic E-state index is 0.0769. The van der Waals surface area contributed by atoms with E-state index in [1.165, 1.54) is 0 Å². The monoisotopic (exact) mass is 215 g/mol. The van der Waals surface area contributed by atoms with Gasteiger partial charge in [-0.15, -0.1) is 0 Å². The molecule has 0 aliphatic heterocycles. The molecule has 4 nitrogen and oxygen atoms in total. The second-order valence-electron chi connectivity index (χ2n) is 1.71. The van der Waals surface area contributed by atoms with Crippen LogP contribution in [0.25, 0.3) is 0 Å². The fraction of sp³-hybridized carbons (Fsp3) is 0.750.